The molecule has 1 unspecified atom stereocenters. The van der Waals surface area contributed by atoms with E-state index in [2.05, 4.69) is 5.16 Å². The van der Waals surface area contributed by atoms with Crippen molar-refractivity contribution in [3.8, 4) is 0 Å². The number of carbonyl (C=O) groups excluding carboxylic acids is 2. The van der Waals surface area contributed by atoms with Gasteiger partial charge in [0.1, 0.15) is 6.04 Å². The van der Waals surface area contributed by atoms with E-state index in [0.29, 0.717) is 18.7 Å². The lowest BCUT2D eigenvalue weighted by Crippen LogP contribution is -2.42. The molecule has 1 saturated carbocycles. The van der Waals surface area contributed by atoms with Crippen LogP contribution in [0.4, 0.5) is 0 Å². The number of ether oxygens (including phenoxy) is 1. The zero-order valence-corrected chi connectivity index (χ0v) is 11.5. The van der Waals surface area contributed by atoms with Crippen LogP contribution >= 0.6 is 0 Å². The van der Waals surface area contributed by atoms with Gasteiger partial charge in [0.05, 0.1) is 5.69 Å². The second-order valence-electron chi connectivity index (χ2n) is 5.51. The molecule has 1 aromatic rings. The summed E-state index contributed by atoms with van der Waals surface area (Å²) in [5, 5.41) is 3.74. The summed E-state index contributed by atoms with van der Waals surface area (Å²) in [6, 6.07) is 1.31. The number of rotatable bonds is 4. The van der Waals surface area contributed by atoms with Crippen molar-refractivity contribution in [1.29, 1.82) is 0 Å². The van der Waals surface area contributed by atoms with E-state index in [0.717, 1.165) is 25.0 Å². The van der Waals surface area contributed by atoms with Crippen LogP contribution in [0.25, 0.3) is 0 Å². The summed E-state index contributed by atoms with van der Waals surface area (Å²) in [5.74, 6) is 0.430. The van der Waals surface area contributed by atoms with Gasteiger partial charge in [0.25, 0.3) is 0 Å². The largest absolute Gasteiger partial charge is 0.456 e. The third kappa shape index (κ3) is 2.69. The summed E-state index contributed by atoms with van der Waals surface area (Å²) in [7, 11) is 0. The molecule has 0 bridgehead atoms. The van der Waals surface area contributed by atoms with Crippen LogP contribution in [0.15, 0.2) is 10.6 Å². The Bertz CT molecular complexity index is 521. The predicted octanol–water partition coefficient (Wildman–Crippen LogP) is 1.43. The van der Waals surface area contributed by atoms with Gasteiger partial charge in [-0.2, -0.15) is 0 Å². The Hall–Kier alpha value is -1.85. The summed E-state index contributed by atoms with van der Waals surface area (Å²) >= 11 is 0. The molecular weight excluding hydrogens is 260 g/mol. The van der Waals surface area contributed by atoms with E-state index in [1.807, 2.05) is 6.92 Å². The maximum atomic E-state index is 12.1. The first-order chi connectivity index (χ1) is 9.65. The molecule has 20 heavy (non-hydrogen) atoms. The molecule has 1 amide bonds. The van der Waals surface area contributed by atoms with Crippen molar-refractivity contribution in [3.05, 3.63) is 17.5 Å². The number of aryl methyl sites for hydroxylation is 1. The summed E-state index contributed by atoms with van der Waals surface area (Å²) in [6.07, 6.45) is 3.45. The van der Waals surface area contributed by atoms with Gasteiger partial charge in [-0.3, -0.25) is 4.79 Å². The van der Waals surface area contributed by atoms with Crippen molar-refractivity contribution in [2.75, 3.05) is 6.54 Å². The van der Waals surface area contributed by atoms with E-state index >= 15 is 0 Å². The molecular formula is C14H18N2O4. The Morgan fingerprint density at radius 1 is 1.45 bits per heavy atom. The highest BCUT2D eigenvalue weighted by atomic mass is 16.6. The minimum Gasteiger partial charge on any atom is -0.456 e. The third-order valence-corrected chi connectivity index (χ3v) is 3.77. The first kappa shape index (κ1) is 13.1. The van der Waals surface area contributed by atoms with Gasteiger partial charge in [-0.25, -0.2) is 4.79 Å². The number of aromatic nitrogens is 1. The van der Waals surface area contributed by atoms with E-state index in [1.54, 1.807) is 11.0 Å². The number of likely N-dealkylation sites (tertiary alicyclic amines) is 1. The Morgan fingerprint density at radius 3 is 2.90 bits per heavy atom. The maximum Gasteiger partial charge on any atom is 0.329 e. The lowest BCUT2D eigenvalue weighted by molar-refractivity contribution is -0.155. The van der Waals surface area contributed by atoms with Gasteiger partial charge in [-0.05, 0) is 32.6 Å². The van der Waals surface area contributed by atoms with E-state index in [-0.39, 0.29) is 24.4 Å². The lowest BCUT2D eigenvalue weighted by atomic mass is 10.2. The monoisotopic (exact) mass is 278 g/mol. The van der Waals surface area contributed by atoms with Crippen LogP contribution in [0.5, 0.6) is 0 Å². The van der Waals surface area contributed by atoms with Crippen LogP contribution in [0, 0.1) is 12.8 Å². The second kappa shape index (κ2) is 5.26. The maximum absolute atomic E-state index is 12.1. The number of hydrogen-bond acceptors (Lipinski definition) is 5. The Labute approximate surface area is 117 Å². The Balaban J connectivity index is 1.56. The van der Waals surface area contributed by atoms with Crippen molar-refractivity contribution in [1.82, 2.24) is 10.1 Å². The van der Waals surface area contributed by atoms with Crippen molar-refractivity contribution < 1.29 is 18.8 Å². The van der Waals surface area contributed by atoms with E-state index in [4.69, 9.17) is 9.26 Å². The van der Waals surface area contributed by atoms with E-state index in [1.165, 1.54) is 0 Å². The fraction of sp³-hybridized carbons (Fsp3) is 0.643. The van der Waals surface area contributed by atoms with Gasteiger partial charge >= 0.3 is 5.97 Å². The zero-order valence-electron chi connectivity index (χ0n) is 11.5. The molecule has 0 spiro atoms. The van der Waals surface area contributed by atoms with Crippen LogP contribution in [0.3, 0.4) is 0 Å². The van der Waals surface area contributed by atoms with Gasteiger partial charge < -0.3 is 14.2 Å². The smallest absolute Gasteiger partial charge is 0.329 e. The van der Waals surface area contributed by atoms with Gasteiger partial charge in [0, 0.05) is 18.5 Å². The van der Waals surface area contributed by atoms with Crippen LogP contribution in [-0.4, -0.2) is 34.5 Å². The fourth-order valence-corrected chi connectivity index (χ4v) is 2.56. The molecule has 1 atom stereocenters. The normalized spacial score (nSPS) is 22.1. The standard InChI is InChI=1S/C14H18N2O4/c1-9-7-11(20-15-9)8-19-14(18)12-3-2-6-16(12)13(17)10-4-5-10/h7,10,12H,2-6,8H2,1H3. The van der Waals surface area contributed by atoms with Crippen LogP contribution in [-0.2, 0) is 20.9 Å². The van der Waals surface area contributed by atoms with Crippen LogP contribution in [0.2, 0.25) is 0 Å². The molecule has 1 aliphatic heterocycles. The minimum absolute atomic E-state index is 0.0711. The number of amides is 1. The van der Waals surface area contributed by atoms with Crippen LogP contribution < -0.4 is 0 Å². The number of hydrogen-bond donors (Lipinski definition) is 0. The van der Waals surface area contributed by atoms with Gasteiger partial charge in [-0.15, -0.1) is 0 Å². The summed E-state index contributed by atoms with van der Waals surface area (Å²) in [5.41, 5.74) is 0.752. The first-order valence-electron chi connectivity index (χ1n) is 7.04. The molecule has 2 aliphatic rings. The molecule has 6 nitrogen and oxygen atoms in total. The number of carbonyl (C=O) groups is 2. The first-order valence-corrected chi connectivity index (χ1v) is 7.04. The highest BCUT2D eigenvalue weighted by Crippen LogP contribution is 2.33. The number of esters is 1. The van der Waals surface area contributed by atoms with Crippen molar-refractivity contribution in [2.45, 2.75) is 45.3 Å². The minimum atomic E-state index is -0.424. The molecule has 2 heterocycles. The summed E-state index contributed by atoms with van der Waals surface area (Å²) in [6.45, 7) is 2.54. The summed E-state index contributed by atoms with van der Waals surface area (Å²) < 4.78 is 10.2. The topological polar surface area (TPSA) is 72.6 Å². The lowest BCUT2D eigenvalue weighted by Gasteiger charge is -2.23. The van der Waals surface area contributed by atoms with Crippen LogP contribution in [0.1, 0.15) is 37.1 Å². The van der Waals surface area contributed by atoms with Crippen molar-refractivity contribution in [2.24, 2.45) is 5.92 Å². The SMILES string of the molecule is Cc1cc(COC(=O)C2CCCN2C(=O)C2CC2)on1. The van der Waals surface area contributed by atoms with Crippen molar-refractivity contribution in [3.63, 3.8) is 0 Å². The average Bonchev–Trinajstić information content (AvgIpc) is 3.02. The molecule has 0 aromatic carbocycles. The third-order valence-electron chi connectivity index (χ3n) is 3.77. The van der Waals surface area contributed by atoms with E-state index in [9.17, 15) is 9.59 Å². The molecule has 1 aliphatic carbocycles. The second-order valence-corrected chi connectivity index (χ2v) is 5.51. The zero-order chi connectivity index (χ0) is 14.1. The number of nitrogens with zero attached hydrogens (tertiary/aromatic N) is 2. The molecule has 1 saturated heterocycles. The van der Waals surface area contributed by atoms with Gasteiger partial charge in [-0.1, -0.05) is 5.16 Å². The van der Waals surface area contributed by atoms with E-state index < -0.39 is 6.04 Å². The predicted molar refractivity (Wildman–Crippen MR) is 68.5 cm³/mol. The Kier molecular flexibility index (Phi) is 3.46. The highest BCUT2D eigenvalue weighted by molar-refractivity contribution is 5.87. The summed E-state index contributed by atoms with van der Waals surface area (Å²) in [4.78, 5) is 25.9. The van der Waals surface area contributed by atoms with Gasteiger partial charge in [0.2, 0.25) is 5.91 Å². The molecule has 0 N–H and O–H groups in total. The molecule has 108 valence electrons. The van der Waals surface area contributed by atoms with Crippen molar-refractivity contribution >= 4 is 11.9 Å². The highest BCUT2D eigenvalue weighted by Gasteiger charge is 2.41. The fourth-order valence-electron chi connectivity index (χ4n) is 2.56. The average molecular weight is 278 g/mol. The molecule has 2 fully saturated rings. The molecule has 6 heteroatoms. The molecule has 1 aromatic heterocycles. The van der Waals surface area contributed by atoms with Gasteiger partial charge in [0.15, 0.2) is 12.4 Å². The molecule has 0 radical (unpaired) electrons. The molecule has 3 rings (SSSR count). The Morgan fingerprint density at radius 2 is 2.25 bits per heavy atom. The quantitative estimate of drug-likeness (QED) is 0.779.